The molecule has 0 saturated heterocycles. The maximum Gasteiger partial charge on any atom is 0.107 e. The Morgan fingerprint density at radius 1 is 1.55 bits per heavy atom. The lowest BCUT2D eigenvalue weighted by atomic mass is 10.4. The van der Waals surface area contributed by atoms with Gasteiger partial charge in [0.15, 0.2) is 0 Å². The van der Waals surface area contributed by atoms with E-state index in [0.29, 0.717) is 6.67 Å². The molecule has 0 unspecified atom stereocenters. The van der Waals surface area contributed by atoms with E-state index in [4.69, 9.17) is 5.73 Å². The summed E-state index contributed by atoms with van der Waals surface area (Å²) in [4.78, 5) is 3.79. The minimum Gasteiger partial charge on any atom is -0.312 e. The predicted octanol–water partition coefficient (Wildman–Crippen LogP) is 0.649. The fourth-order valence-electron chi connectivity index (χ4n) is 0.549. The zero-order valence-corrected chi connectivity index (χ0v) is 7.20. The number of nitrogens with zero attached hydrogens (tertiary/aromatic N) is 3. The van der Waals surface area contributed by atoms with E-state index in [0.717, 1.165) is 12.8 Å². The topological polar surface area (TPSA) is 54.0 Å². The maximum atomic E-state index is 5.36. The second-order valence-corrected chi connectivity index (χ2v) is 2.08. The number of hydrogen-bond acceptors (Lipinski definition) is 3. The highest BCUT2D eigenvalue weighted by Gasteiger charge is 1.87. The largest absolute Gasteiger partial charge is 0.312 e. The Kier molecular flexibility index (Phi) is 6.62. The van der Waals surface area contributed by atoms with Crippen molar-refractivity contribution in [1.82, 2.24) is 5.01 Å². The number of rotatable bonds is 5. The Morgan fingerprint density at radius 3 is 2.73 bits per heavy atom. The fraction of sp³-hybridized carbons (Fsp3) is 0.714. The third-order valence-corrected chi connectivity index (χ3v) is 1.08. The molecule has 0 rings (SSSR count). The third kappa shape index (κ3) is 5.54. The van der Waals surface area contributed by atoms with Gasteiger partial charge in [-0.2, -0.15) is 5.10 Å². The molecular weight excluding hydrogens is 140 g/mol. The highest BCUT2D eigenvalue weighted by atomic mass is 15.5. The molecule has 0 aliphatic carbocycles. The standard InChI is InChI=1S/C7H16N4/c1-3-4-5-10-11(6-8)7-9-2/h5,7H,3-4,6,8H2,1-2H3/b9-7-,10-5+. The van der Waals surface area contributed by atoms with Crippen molar-refractivity contribution in [3.8, 4) is 0 Å². The number of aliphatic imine (C=N–C) groups is 1. The molecule has 4 nitrogen and oxygen atoms in total. The van der Waals surface area contributed by atoms with Gasteiger partial charge in [0.2, 0.25) is 0 Å². The Morgan fingerprint density at radius 2 is 2.27 bits per heavy atom. The van der Waals surface area contributed by atoms with Gasteiger partial charge < -0.3 is 5.73 Å². The molecule has 0 aromatic heterocycles. The lowest BCUT2D eigenvalue weighted by Crippen LogP contribution is -2.23. The molecule has 0 radical (unpaired) electrons. The summed E-state index contributed by atoms with van der Waals surface area (Å²) in [7, 11) is 1.69. The minimum absolute atomic E-state index is 0.373. The van der Waals surface area contributed by atoms with Crippen LogP contribution in [0.2, 0.25) is 0 Å². The summed E-state index contributed by atoms with van der Waals surface area (Å²) in [6.07, 6.45) is 5.53. The third-order valence-electron chi connectivity index (χ3n) is 1.08. The summed E-state index contributed by atoms with van der Waals surface area (Å²) in [5.41, 5.74) is 5.36. The van der Waals surface area contributed by atoms with Crippen molar-refractivity contribution >= 4 is 12.6 Å². The van der Waals surface area contributed by atoms with Crippen LogP contribution in [-0.2, 0) is 0 Å². The first-order valence-corrected chi connectivity index (χ1v) is 3.76. The van der Waals surface area contributed by atoms with Gasteiger partial charge in [-0.25, -0.2) is 5.01 Å². The molecular formula is C7H16N4. The second kappa shape index (κ2) is 7.21. The first-order valence-electron chi connectivity index (χ1n) is 3.76. The lowest BCUT2D eigenvalue weighted by molar-refractivity contribution is 0.473. The normalized spacial score (nSPS) is 11.5. The summed E-state index contributed by atoms with van der Waals surface area (Å²) < 4.78 is 0. The van der Waals surface area contributed by atoms with E-state index >= 15 is 0 Å². The van der Waals surface area contributed by atoms with Gasteiger partial charge >= 0.3 is 0 Å². The van der Waals surface area contributed by atoms with Crippen LogP contribution in [-0.4, -0.2) is 31.3 Å². The second-order valence-electron chi connectivity index (χ2n) is 2.08. The molecule has 2 N–H and O–H groups in total. The molecule has 0 saturated carbocycles. The van der Waals surface area contributed by atoms with Gasteiger partial charge in [0.25, 0.3) is 0 Å². The van der Waals surface area contributed by atoms with E-state index in [1.165, 1.54) is 0 Å². The predicted molar refractivity (Wildman–Crippen MR) is 48.7 cm³/mol. The Balaban J connectivity index is 3.67. The first kappa shape index (κ1) is 10.1. The average molecular weight is 156 g/mol. The number of nitrogens with two attached hydrogens (primary N) is 1. The molecule has 0 aliphatic rings. The van der Waals surface area contributed by atoms with Crippen molar-refractivity contribution in [2.75, 3.05) is 13.7 Å². The average Bonchev–Trinajstić information content (AvgIpc) is 2.03. The molecule has 0 spiro atoms. The highest BCUT2D eigenvalue weighted by molar-refractivity contribution is 5.61. The lowest BCUT2D eigenvalue weighted by Gasteiger charge is -2.07. The van der Waals surface area contributed by atoms with Gasteiger partial charge in [-0.1, -0.05) is 13.3 Å². The van der Waals surface area contributed by atoms with Crippen molar-refractivity contribution in [2.45, 2.75) is 19.8 Å². The molecule has 0 aromatic rings. The fourth-order valence-corrected chi connectivity index (χ4v) is 0.549. The smallest absolute Gasteiger partial charge is 0.107 e. The van der Waals surface area contributed by atoms with Gasteiger partial charge in [0.05, 0.1) is 6.67 Å². The van der Waals surface area contributed by atoms with Crippen LogP contribution in [0.4, 0.5) is 0 Å². The maximum absolute atomic E-state index is 5.36. The van der Waals surface area contributed by atoms with E-state index < -0.39 is 0 Å². The van der Waals surface area contributed by atoms with Crippen molar-refractivity contribution in [2.24, 2.45) is 15.8 Å². The summed E-state index contributed by atoms with van der Waals surface area (Å²) in [6, 6.07) is 0. The van der Waals surface area contributed by atoms with Crippen LogP contribution in [0.5, 0.6) is 0 Å². The number of hydrazone groups is 1. The van der Waals surface area contributed by atoms with Crippen LogP contribution in [0.25, 0.3) is 0 Å². The van der Waals surface area contributed by atoms with E-state index in [1.807, 2.05) is 6.21 Å². The molecule has 0 atom stereocenters. The van der Waals surface area contributed by atoms with Crippen molar-refractivity contribution in [3.05, 3.63) is 0 Å². The summed E-state index contributed by atoms with van der Waals surface area (Å²) in [6.45, 7) is 2.48. The first-order chi connectivity index (χ1) is 5.35. The zero-order valence-electron chi connectivity index (χ0n) is 7.20. The monoisotopic (exact) mass is 156 g/mol. The van der Waals surface area contributed by atoms with Gasteiger partial charge in [-0.05, 0) is 6.42 Å². The molecule has 0 bridgehead atoms. The minimum atomic E-state index is 0.373. The summed E-state index contributed by atoms with van der Waals surface area (Å²) in [5.74, 6) is 0. The van der Waals surface area contributed by atoms with E-state index in [9.17, 15) is 0 Å². The van der Waals surface area contributed by atoms with Gasteiger partial charge in [-0.15, -0.1) is 0 Å². The van der Waals surface area contributed by atoms with E-state index in [-0.39, 0.29) is 0 Å². The summed E-state index contributed by atoms with van der Waals surface area (Å²) in [5, 5.41) is 5.65. The van der Waals surface area contributed by atoms with Crippen LogP contribution < -0.4 is 5.73 Å². The SMILES string of the molecule is CCC/C=N/N(/C=N\C)CN. The Bertz CT molecular complexity index is 130. The highest BCUT2D eigenvalue weighted by Crippen LogP contribution is 1.84. The molecule has 0 fully saturated rings. The molecule has 0 amide bonds. The van der Waals surface area contributed by atoms with Crippen molar-refractivity contribution in [3.63, 3.8) is 0 Å². The molecule has 0 aromatic carbocycles. The number of unbranched alkanes of at least 4 members (excludes halogenated alkanes) is 1. The van der Waals surface area contributed by atoms with Gasteiger partial charge in [0, 0.05) is 13.3 Å². The van der Waals surface area contributed by atoms with Crippen LogP contribution in [0.1, 0.15) is 19.8 Å². The van der Waals surface area contributed by atoms with Gasteiger partial charge in [0.1, 0.15) is 6.34 Å². The van der Waals surface area contributed by atoms with E-state index in [2.05, 4.69) is 17.0 Å². The number of hydrogen-bond donors (Lipinski definition) is 1. The molecule has 11 heavy (non-hydrogen) atoms. The van der Waals surface area contributed by atoms with E-state index in [1.54, 1.807) is 18.4 Å². The molecule has 4 heteroatoms. The summed E-state index contributed by atoms with van der Waals surface area (Å²) >= 11 is 0. The van der Waals surface area contributed by atoms with Crippen LogP contribution in [0.15, 0.2) is 10.1 Å². The van der Waals surface area contributed by atoms with Crippen LogP contribution in [0.3, 0.4) is 0 Å². The van der Waals surface area contributed by atoms with Crippen LogP contribution in [0, 0.1) is 0 Å². The Labute approximate surface area is 67.8 Å². The Hall–Kier alpha value is -0.900. The van der Waals surface area contributed by atoms with Crippen molar-refractivity contribution < 1.29 is 0 Å². The van der Waals surface area contributed by atoms with Gasteiger partial charge in [-0.3, -0.25) is 4.99 Å². The molecule has 64 valence electrons. The van der Waals surface area contributed by atoms with Crippen LogP contribution >= 0.6 is 0 Å². The molecule has 0 aliphatic heterocycles. The van der Waals surface area contributed by atoms with Crippen molar-refractivity contribution in [1.29, 1.82) is 0 Å². The molecule has 0 heterocycles. The zero-order chi connectivity index (χ0) is 8.53. The quantitative estimate of drug-likeness (QED) is 0.275.